The van der Waals surface area contributed by atoms with Gasteiger partial charge in [-0.25, -0.2) is 15.2 Å². The van der Waals surface area contributed by atoms with E-state index in [4.69, 9.17) is 24.7 Å². The molecule has 1 atom stereocenters. The lowest BCUT2D eigenvalue weighted by molar-refractivity contribution is -0.172. The van der Waals surface area contributed by atoms with Crippen LogP contribution in [-0.2, 0) is 39.5 Å². The number of benzene rings is 2. The number of azide groups is 1. The zero-order chi connectivity index (χ0) is 38.6. The third kappa shape index (κ3) is 7.27. The molecule has 0 saturated heterocycles. The summed E-state index contributed by atoms with van der Waals surface area (Å²) in [4.78, 5) is 47.4. The van der Waals surface area contributed by atoms with Crippen LogP contribution in [0.25, 0.3) is 32.7 Å². The number of hydrogen-bond donors (Lipinski definition) is 2. The van der Waals surface area contributed by atoms with Gasteiger partial charge in [-0.3, -0.25) is 9.59 Å². The van der Waals surface area contributed by atoms with Crippen molar-refractivity contribution in [2.24, 2.45) is 10.2 Å². The summed E-state index contributed by atoms with van der Waals surface area (Å²) in [5, 5.41) is 20.0. The predicted octanol–water partition coefficient (Wildman–Crippen LogP) is 6.59. The Bertz CT molecular complexity index is 2260. The van der Waals surface area contributed by atoms with Crippen LogP contribution in [0.5, 0.6) is 11.5 Å². The van der Waals surface area contributed by atoms with E-state index < -0.39 is 23.1 Å². The number of hydrogen-bond acceptors (Lipinski definition) is 10. The van der Waals surface area contributed by atoms with Crippen molar-refractivity contribution >= 4 is 28.5 Å². The molecule has 4 aromatic rings. The summed E-state index contributed by atoms with van der Waals surface area (Å²) in [5.41, 5.74) is 13.1. The van der Waals surface area contributed by atoms with Gasteiger partial charge in [0.15, 0.2) is 11.2 Å². The number of hydrazone groups is 1. The molecule has 54 heavy (non-hydrogen) atoms. The molecule has 0 fully saturated rings. The summed E-state index contributed by atoms with van der Waals surface area (Å²) < 4.78 is 19.1. The van der Waals surface area contributed by atoms with Gasteiger partial charge in [0.2, 0.25) is 0 Å². The number of rotatable bonds is 15. The van der Waals surface area contributed by atoms with Gasteiger partial charge in [-0.1, -0.05) is 43.9 Å². The smallest absolute Gasteiger partial charge is 0.343 e. The molecule has 14 heteroatoms. The van der Waals surface area contributed by atoms with E-state index in [2.05, 4.69) is 20.6 Å². The molecule has 0 aliphatic carbocycles. The SMILES string of the molecule is CCc1c2c(nc3ccc(OC(C)(C)C(=O)N/N=C(\C)c4ccccc4OCCCCCCN=[N+]=[N-])cc13)-c1cc3c(c(=O)n1C2)COC(=O)[C@]3(O)CC. The van der Waals surface area contributed by atoms with Gasteiger partial charge in [0.05, 0.1) is 41.3 Å². The molecule has 0 unspecified atom stereocenters. The first-order valence-corrected chi connectivity index (χ1v) is 18.3. The van der Waals surface area contributed by atoms with Gasteiger partial charge in [-0.2, -0.15) is 5.10 Å². The summed E-state index contributed by atoms with van der Waals surface area (Å²) in [6.07, 6.45) is 4.32. The van der Waals surface area contributed by atoms with Crippen LogP contribution in [0.15, 0.2) is 63.5 Å². The highest BCUT2D eigenvalue weighted by atomic mass is 16.6. The number of amides is 1. The minimum Gasteiger partial charge on any atom is -0.493 e. The second-order valence-corrected chi connectivity index (χ2v) is 14.0. The van der Waals surface area contributed by atoms with E-state index in [-0.39, 0.29) is 36.3 Å². The number of nitrogens with one attached hydrogen (secondary N) is 1. The summed E-state index contributed by atoms with van der Waals surface area (Å²) in [7, 11) is 0. The zero-order valence-corrected chi connectivity index (χ0v) is 31.3. The molecule has 0 bridgehead atoms. The number of cyclic esters (lactones) is 1. The Kier molecular flexibility index (Phi) is 11.1. The van der Waals surface area contributed by atoms with Crippen LogP contribution < -0.4 is 20.5 Å². The number of aromatic nitrogens is 2. The number of fused-ring (bicyclic) bond motifs is 5. The molecule has 4 heterocycles. The molecule has 0 radical (unpaired) electrons. The second kappa shape index (κ2) is 15.7. The Labute approximate surface area is 312 Å². The first-order valence-electron chi connectivity index (χ1n) is 18.3. The maximum atomic E-state index is 13.7. The average molecular weight is 736 g/mol. The highest BCUT2D eigenvalue weighted by molar-refractivity contribution is 6.02. The quantitative estimate of drug-likeness (QED) is 0.0229. The molecule has 6 rings (SSSR count). The van der Waals surface area contributed by atoms with E-state index in [0.29, 0.717) is 53.7 Å². The lowest BCUT2D eigenvalue weighted by Crippen LogP contribution is -2.45. The topological polar surface area (TPSA) is 190 Å². The Hall–Kier alpha value is -5.72. The van der Waals surface area contributed by atoms with Crippen LogP contribution in [0.1, 0.15) is 94.5 Å². The fraction of sp³-hybridized carbons (Fsp3) is 0.425. The average Bonchev–Trinajstić information content (AvgIpc) is 3.53. The molecule has 2 aliphatic rings. The van der Waals surface area contributed by atoms with Crippen molar-refractivity contribution in [3.8, 4) is 22.9 Å². The Morgan fingerprint density at radius 2 is 1.89 bits per heavy atom. The molecule has 282 valence electrons. The van der Waals surface area contributed by atoms with Gasteiger partial charge in [0.1, 0.15) is 18.1 Å². The van der Waals surface area contributed by atoms with Crippen molar-refractivity contribution in [2.45, 2.75) is 97.5 Å². The first-order chi connectivity index (χ1) is 25.9. The molecule has 2 aliphatic heterocycles. The van der Waals surface area contributed by atoms with Gasteiger partial charge in [-0.05, 0) is 93.9 Å². The molecule has 2 aromatic heterocycles. The van der Waals surface area contributed by atoms with Crippen molar-refractivity contribution in [3.63, 3.8) is 0 Å². The largest absolute Gasteiger partial charge is 0.493 e. The van der Waals surface area contributed by atoms with Crippen molar-refractivity contribution in [2.75, 3.05) is 13.2 Å². The van der Waals surface area contributed by atoms with E-state index in [1.165, 1.54) is 0 Å². The van der Waals surface area contributed by atoms with Crippen molar-refractivity contribution in [1.82, 2.24) is 15.0 Å². The van der Waals surface area contributed by atoms with Crippen LogP contribution in [-0.4, -0.2) is 51.0 Å². The van der Waals surface area contributed by atoms with Gasteiger partial charge in [0.25, 0.3) is 11.5 Å². The van der Waals surface area contributed by atoms with Gasteiger partial charge in [0, 0.05) is 33.5 Å². The monoisotopic (exact) mass is 735 g/mol. The van der Waals surface area contributed by atoms with Crippen LogP contribution in [0.3, 0.4) is 0 Å². The number of nitrogens with zero attached hydrogens (tertiary/aromatic N) is 6. The number of unbranched alkanes of at least 4 members (excludes halogenated alkanes) is 3. The van der Waals surface area contributed by atoms with Crippen LogP contribution in [0.2, 0.25) is 0 Å². The first kappa shape index (κ1) is 38.0. The number of para-hydroxylation sites is 1. The summed E-state index contributed by atoms with van der Waals surface area (Å²) >= 11 is 0. The second-order valence-electron chi connectivity index (χ2n) is 14.0. The van der Waals surface area contributed by atoms with Crippen molar-refractivity contribution in [3.05, 3.63) is 97.1 Å². The summed E-state index contributed by atoms with van der Waals surface area (Å²) in [6.45, 7) is 9.95. The van der Waals surface area contributed by atoms with Gasteiger partial charge >= 0.3 is 5.97 Å². The number of carbonyl (C=O) groups excluding carboxylic acids is 2. The van der Waals surface area contributed by atoms with Crippen LogP contribution >= 0.6 is 0 Å². The normalized spacial score (nSPS) is 16.2. The molecule has 1 amide bonds. The predicted molar refractivity (Wildman–Crippen MR) is 203 cm³/mol. The number of aryl methyl sites for hydroxylation is 1. The number of aliphatic hydroxyl groups is 1. The van der Waals surface area contributed by atoms with E-state index >= 15 is 0 Å². The summed E-state index contributed by atoms with van der Waals surface area (Å²) in [6, 6.07) is 14.7. The molecule has 14 nitrogen and oxygen atoms in total. The summed E-state index contributed by atoms with van der Waals surface area (Å²) in [5.74, 6) is -0.0817. The fourth-order valence-electron chi connectivity index (χ4n) is 7.04. The standard InChI is InChI=1S/C40H45N7O7/c1-6-26-28-20-25(16-17-32(28)43-35-29(26)22-47-33(35)21-31-30(36(47)48)23-53-38(50)40(31,51)7-2)54-39(4,5)37(49)45-44-24(3)27-14-10-11-15-34(27)52-19-13-9-8-12-18-42-46-41/h10-11,14-17,20-21,51H,6-9,12-13,18-19,22-23H2,1-5H3,(H,45,49)/b44-24+/t40-/m0/s1. The molecular weight excluding hydrogens is 690 g/mol. The molecule has 2 N–H and O–H groups in total. The van der Waals surface area contributed by atoms with Gasteiger partial charge < -0.3 is 23.9 Å². The maximum Gasteiger partial charge on any atom is 0.343 e. The number of ether oxygens (including phenoxy) is 3. The number of pyridine rings is 2. The Morgan fingerprint density at radius 3 is 2.65 bits per heavy atom. The minimum absolute atomic E-state index is 0.0660. The van der Waals surface area contributed by atoms with Crippen LogP contribution in [0.4, 0.5) is 0 Å². The number of esters is 1. The van der Waals surface area contributed by atoms with Gasteiger partial charge in [-0.15, -0.1) is 0 Å². The molecule has 2 aromatic carbocycles. The van der Waals surface area contributed by atoms with E-state index in [0.717, 1.165) is 47.8 Å². The fourth-order valence-corrected chi connectivity index (χ4v) is 7.04. The highest BCUT2D eigenvalue weighted by Gasteiger charge is 2.45. The maximum absolute atomic E-state index is 13.7. The van der Waals surface area contributed by atoms with E-state index in [9.17, 15) is 19.5 Å². The van der Waals surface area contributed by atoms with Crippen LogP contribution in [0, 0.1) is 0 Å². The Morgan fingerprint density at radius 1 is 1.11 bits per heavy atom. The third-order valence-electron chi connectivity index (χ3n) is 10.1. The van der Waals surface area contributed by atoms with E-state index in [1.807, 2.05) is 43.3 Å². The Balaban J connectivity index is 1.18. The zero-order valence-electron chi connectivity index (χ0n) is 31.3. The minimum atomic E-state index is -1.90. The van der Waals surface area contributed by atoms with Crippen molar-refractivity contribution in [1.29, 1.82) is 0 Å². The molecular formula is C40H45N7O7. The third-order valence-corrected chi connectivity index (χ3v) is 10.1. The van der Waals surface area contributed by atoms with Crippen molar-refractivity contribution < 1.29 is 28.9 Å². The van der Waals surface area contributed by atoms with E-state index in [1.54, 1.807) is 44.4 Å². The molecule has 0 saturated carbocycles. The number of carbonyl (C=O) groups is 2. The molecule has 0 spiro atoms. The highest BCUT2D eigenvalue weighted by Crippen LogP contribution is 2.41. The lowest BCUT2D eigenvalue weighted by atomic mass is 9.86. The lowest BCUT2D eigenvalue weighted by Gasteiger charge is -2.31.